The van der Waals surface area contributed by atoms with E-state index in [-0.39, 0.29) is 18.2 Å². The standard InChI is InChI=1S/C18H28N4O4/c19-12-15(11-17(24)25)21-16(23)10-14-2-1-8-22(18(14)26)9-5-13-3-6-20-7-4-13/h13-15,20H,1-11H2,(H,21,23)(H,24,25). The first kappa shape index (κ1) is 20.2. The summed E-state index contributed by atoms with van der Waals surface area (Å²) in [6, 6.07) is 0.704. The molecule has 3 N–H and O–H groups in total. The Kier molecular flexibility index (Phi) is 7.85. The first-order chi connectivity index (χ1) is 12.5. The third kappa shape index (κ3) is 6.30. The normalized spacial score (nSPS) is 22.5. The van der Waals surface area contributed by atoms with Crippen LogP contribution in [-0.4, -0.2) is 60.0 Å². The van der Waals surface area contributed by atoms with E-state index in [1.165, 1.54) is 0 Å². The van der Waals surface area contributed by atoms with Crippen LogP contribution < -0.4 is 10.6 Å². The number of hydrogen-bond acceptors (Lipinski definition) is 5. The molecule has 0 aromatic carbocycles. The van der Waals surface area contributed by atoms with E-state index >= 15 is 0 Å². The van der Waals surface area contributed by atoms with Crippen molar-refractivity contribution >= 4 is 17.8 Å². The van der Waals surface area contributed by atoms with Gasteiger partial charge in [0.2, 0.25) is 11.8 Å². The van der Waals surface area contributed by atoms with Crippen LogP contribution in [-0.2, 0) is 14.4 Å². The molecular formula is C18H28N4O4. The van der Waals surface area contributed by atoms with Crippen LogP contribution in [0, 0.1) is 23.2 Å². The van der Waals surface area contributed by atoms with Crippen molar-refractivity contribution in [2.24, 2.45) is 11.8 Å². The minimum absolute atomic E-state index is 0.00655. The number of carboxylic acid groups (broad SMARTS) is 1. The highest BCUT2D eigenvalue weighted by atomic mass is 16.4. The lowest BCUT2D eigenvalue weighted by molar-refractivity contribution is -0.142. The molecule has 8 nitrogen and oxygen atoms in total. The summed E-state index contributed by atoms with van der Waals surface area (Å²) >= 11 is 0. The summed E-state index contributed by atoms with van der Waals surface area (Å²) in [5, 5.41) is 23.4. The van der Waals surface area contributed by atoms with Crippen molar-refractivity contribution in [3.05, 3.63) is 0 Å². The van der Waals surface area contributed by atoms with Gasteiger partial charge in [-0.15, -0.1) is 0 Å². The van der Waals surface area contributed by atoms with E-state index in [2.05, 4.69) is 10.6 Å². The van der Waals surface area contributed by atoms with Crippen molar-refractivity contribution < 1.29 is 19.5 Å². The van der Waals surface area contributed by atoms with Gasteiger partial charge in [0.05, 0.1) is 12.5 Å². The van der Waals surface area contributed by atoms with Crippen LogP contribution in [0.15, 0.2) is 0 Å². The molecule has 0 saturated carbocycles. The smallest absolute Gasteiger partial charge is 0.306 e. The minimum Gasteiger partial charge on any atom is -0.481 e. The molecule has 2 aliphatic heterocycles. The lowest BCUT2D eigenvalue weighted by Gasteiger charge is -2.33. The van der Waals surface area contributed by atoms with Gasteiger partial charge in [-0.3, -0.25) is 14.4 Å². The van der Waals surface area contributed by atoms with Gasteiger partial charge in [-0.2, -0.15) is 5.26 Å². The van der Waals surface area contributed by atoms with E-state index in [0.717, 1.165) is 51.9 Å². The van der Waals surface area contributed by atoms with Crippen LogP contribution in [0.4, 0.5) is 0 Å². The number of rotatable bonds is 8. The molecule has 0 aromatic rings. The molecular weight excluding hydrogens is 336 g/mol. The van der Waals surface area contributed by atoms with Crippen LogP contribution in [0.5, 0.6) is 0 Å². The first-order valence-electron chi connectivity index (χ1n) is 9.40. The summed E-state index contributed by atoms with van der Waals surface area (Å²) in [5.41, 5.74) is 0. The molecule has 8 heteroatoms. The summed E-state index contributed by atoms with van der Waals surface area (Å²) in [6.45, 7) is 3.55. The van der Waals surface area contributed by atoms with Crippen LogP contribution >= 0.6 is 0 Å². The molecule has 0 aliphatic carbocycles. The van der Waals surface area contributed by atoms with E-state index < -0.39 is 24.3 Å². The molecule has 2 aliphatic rings. The van der Waals surface area contributed by atoms with Gasteiger partial charge in [0.1, 0.15) is 6.04 Å². The highest BCUT2D eigenvalue weighted by molar-refractivity contribution is 5.86. The number of amides is 2. The molecule has 2 rings (SSSR count). The third-order valence-corrected chi connectivity index (χ3v) is 5.21. The van der Waals surface area contributed by atoms with Crippen LogP contribution in [0.25, 0.3) is 0 Å². The fourth-order valence-corrected chi connectivity index (χ4v) is 3.72. The van der Waals surface area contributed by atoms with Gasteiger partial charge in [-0.25, -0.2) is 0 Å². The molecule has 26 heavy (non-hydrogen) atoms. The third-order valence-electron chi connectivity index (χ3n) is 5.21. The molecule has 2 fully saturated rings. The van der Waals surface area contributed by atoms with E-state index in [9.17, 15) is 14.4 Å². The van der Waals surface area contributed by atoms with Crippen molar-refractivity contribution in [2.45, 2.75) is 51.0 Å². The van der Waals surface area contributed by atoms with E-state index in [4.69, 9.17) is 10.4 Å². The van der Waals surface area contributed by atoms with Crippen LogP contribution in [0.1, 0.15) is 44.9 Å². The summed E-state index contributed by atoms with van der Waals surface area (Å²) in [7, 11) is 0. The SMILES string of the molecule is N#CC(CC(=O)O)NC(=O)CC1CCCN(CCC2CCNCC2)C1=O. The Balaban J connectivity index is 1.79. The molecule has 2 atom stereocenters. The lowest BCUT2D eigenvalue weighted by Crippen LogP contribution is -2.45. The number of likely N-dealkylation sites (tertiary alicyclic amines) is 1. The Hall–Kier alpha value is -2.14. The van der Waals surface area contributed by atoms with Crippen molar-refractivity contribution in [2.75, 3.05) is 26.2 Å². The number of aliphatic carboxylic acids is 1. The quantitative estimate of drug-likeness (QED) is 0.576. The number of carbonyl (C=O) groups is 3. The van der Waals surface area contributed by atoms with Gasteiger partial charge in [0.25, 0.3) is 0 Å². The second-order valence-corrected chi connectivity index (χ2v) is 7.20. The van der Waals surface area contributed by atoms with Gasteiger partial charge < -0.3 is 20.6 Å². The molecule has 0 aromatic heterocycles. The van der Waals surface area contributed by atoms with Gasteiger partial charge in [-0.1, -0.05) is 0 Å². The Morgan fingerprint density at radius 1 is 1.35 bits per heavy atom. The van der Waals surface area contributed by atoms with E-state index in [1.54, 1.807) is 6.07 Å². The topological polar surface area (TPSA) is 123 Å². The maximum atomic E-state index is 12.6. The second-order valence-electron chi connectivity index (χ2n) is 7.20. The second kappa shape index (κ2) is 10.1. The molecule has 0 radical (unpaired) electrons. The fourth-order valence-electron chi connectivity index (χ4n) is 3.72. The van der Waals surface area contributed by atoms with Crippen molar-refractivity contribution in [1.29, 1.82) is 5.26 Å². The Labute approximate surface area is 153 Å². The van der Waals surface area contributed by atoms with Gasteiger partial charge >= 0.3 is 5.97 Å². The van der Waals surface area contributed by atoms with E-state index in [0.29, 0.717) is 12.3 Å². The molecule has 0 spiro atoms. The number of piperidine rings is 2. The fraction of sp³-hybridized carbons (Fsp3) is 0.778. The van der Waals surface area contributed by atoms with Crippen LogP contribution in [0.2, 0.25) is 0 Å². The summed E-state index contributed by atoms with van der Waals surface area (Å²) in [6.07, 6.45) is 4.39. The number of nitrogens with one attached hydrogen (secondary N) is 2. The van der Waals surface area contributed by atoms with Gasteiger partial charge in [0.15, 0.2) is 0 Å². The first-order valence-corrected chi connectivity index (χ1v) is 9.40. The minimum atomic E-state index is -1.14. The average molecular weight is 364 g/mol. The number of carboxylic acids is 1. The van der Waals surface area contributed by atoms with Crippen molar-refractivity contribution in [3.8, 4) is 6.07 Å². The summed E-state index contributed by atoms with van der Waals surface area (Å²) < 4.78 is 0. The molecule has 2 unspecified atom stereocenters. The summed E-state index contributed by atoms with van der Waals surface area (Å²) in [4.78, 5) is 37.3. The van der Waals surface area contributed by atoms with E-state index in [1.807, 2.05) is 4.90 Å². The maximum Gasteiger partial charge on any atom is 0.306 e. The molecule has 2 heterocycles. The number of carbonyl (C=O) groups excluding carboxylic acids is 2. The van der Waals surface area contributed by atoms with Gasteiger partial charge in [-0.05, 0) is 51.1 Å². The molecule has 0 bridgehead atoms. The van der Waals surface area contributed by atoms with Crippen molar-refractivity contribution in [1.82, 2.24) is 15.5 Å². The predicted octanol–water partition coefficient (Wildman–Crippen LogP) is 0.488. The van der Waals surface area contributed by atoms with Crippen molar-refractivity contribution in [3.63, 3.8) is 0 Å². The zero-order valence-corrected chi connectivity index (χ0v) is 15.1. The zero-order valence-electron chi connectivity index (χ0n) is 15.1. The Morgan fingerprint density at radius 3 is 2.73 bits per heavy atom. The molecule has 144 valence electrons. The summed E-state index contributed by atoms with van der Waals surface area (Å²) in [5.74, 6) is -1.29. The highest BCUT2D eigenvalue weighted by Gasteiger charge is 2.31. The largest absolute Gasteiger partial charge is 0.481 e. The number of nitriles is 1. The molecule has 2 amide bonds. The molecule has 2 saturated heterocycles. The average Bonchev–Trinajstić information content (AvgIpc) is 2.62. The highest BCUT2D eigenvalue weighted by Crippen LogP contribution is 2.23. The Bertz CT molecular complexity index is 554. The monoisotopic (exact) mass is 364 g/mol. The number of nitrogens with zero attached hydrogens (tertiary/aromatic N) is 2. The lowest BCUT2D eigenvalue weighted by atomic mass is 9.91. The zero-order chi connectivity index (χ0) is 18.9. The van der Waals surface area contributed by atoms with Gasteiger partial charge in [0, 0.05) is 25.4 Å². The number of hydrogen-bond donors (Lipinski definition) is 3. The Morgan fingerprint density at radius 2 is 2.08 bits per heavy atom. The predicted molar refractivity (Wildman–Crippen MR) is 93.9 cm³/mol. The maximum absolute atomic E-state index is 12.6. The van der Waals surface area contributed by atoms with Crippen LogP contribution in [0.3, 0.4) is 0 Å².